The molecule has 11 heteroatoms. The number of methoxy groups -OCH3 is 1. The van der Waals surface area contributed by atoms with Gasteiger partial charge in [-0.1, -0.05) is 24.3 Å². The van der Waals surface area contributed by atoms with Gasteiger partial charge in [-0.05, 0) is 105 Å². The molecule has 7 nitrogen and oxygen atoms in total. The van der Waals surface area contributed by atoms with Crippen molar-refractivity contribution in [3.8, 4) is 16.9 Å². The molecule has 0 unspecified atom stereocenters. The summed E-state index contributed by atoms with van der Waals surface area (Å²) in [7, 11) is -2.79. The van der Waals surface area contributed by atoms with Crippen molar-refractivity contribution < 1.29 is 31.1 Å². The van der Waals surface area contributed by atoms with Crippen molar-refractivity contribution in [2.45, 2.75) is 43.2 Å². The molecule has 1 aliphatic rings. The molecule has 0 bridgehead atoms. The van der Waals surface area contributed by atoms with Gasteiger partial charge in [0.2, 0.25) is 10.0 Å². The van der Waals surface area contributed by atoms with Crippen LogP contribution < -0.4 is 15.2 Å². The standard InChI is InChI=1S/C29H32F3N3O4S/c1-39-26-19-21(11-14-27(26)40(33,37)38)28(36)34-22-12-13-23(24-9-2-3-10-25(24)29(30,31)32)20(18-22)8-4-5-15-35-16-6-7-17-35/h2-3,9-14,18-19H,4-8,15-17H2,1H3,(H,34,36)(H2,33,37,38). The first-order valence-electron chi connectivity index (χ1n) is 13.0. The van der Waals surface area contributed by atoms with Crippen molar-refractivity contribution in [3.63, 3.8) is 0 Å². The Morgan fingerprint density at radius 3 is 2.40 bits per heavy atom. The number of likely N-dealkylation sites (tertiary alicyclic amines) is 1. The number of aryl methyl sites for hydroxylation is 1. The minimum absolute atomic E-state index is 0.0760. The van der Waals surface area contributed by atoms with E-state index in [1.165, 1.54) is 50.3 Å². The largest absolute Gasteiger partial charge is 0.495 e. The van der Waals surface area contributed by atoms with Crippen molar-refractivity contribution in [2.75, 3.05) is 32.1 Å². The maximum atomic E-state index is 13.8. The molecule has 1 amide bonds. The SMILES string of the molecule is COc1cc(C(=O)Nc2ccc(-c3ccccc3C(F)(F)F)c(CCCCN3CCCC3)c2)ccc1S(N)(=O)=O. The predicted octanol–water partition coefficient (Wildman–Crippen LogP) is 5.70. The smallest absolute Gasteiger partial charge is 0.417 e. The molecule has 3 aromatic carbocycles. The number of carbonyl (C=O) groups is 1. The van der Waals surface area contributed by atoms with E-state index in [1.807, 2.05) is 0 Å². The number of nitrogens with one attached hydrogen (secondary N) is 1. The lowest BCUT2D eigenvalue weighted by atomic mass is 9.92. The van der Waals surface area contributed by atoms with Gasteiger partial charge in [0.15, 0.2) is 0 Å². The minimum atomic E-state index is -4.52. The van der Waals surface area contributed by atoms with Crippen LogP contribution in [0.2, 0.25) is 0 Å². The normalized spacial score (nSPS) is 14.3. The lowest BCUT2D eigenvalue weighted by Gasteiger charge is -2.18. The van der Waals surface area contributed by atoms with E-state index in [2.05, 4.69) is 10.2 Å². The Morgan fingerprint density at radius 1 is 1.00 bits per heavy atom. The number of alkyl halides is 3. The number of anilines is 1. The second kappa shape index (κ2) is 12.4. The van der Waals surface area contributed by atoms with Crippen molar-refractivity contribution in [2.24, 2.45) is 5.14 Å². The highest BCUT2D eigenvalue weighted by molar-refractivity contribution is 7.89. The minimum Gasteiger partial charge on any atom is -0.495 e. The fourth-order valence-corrected chi connectivity index (χ4v) is 5.69. The zero-order valence-corrected chi connectivity index (χ0v) is 22.9. The number of unbranched alkanes of at least 4 members (excludes halogenated alkanes) is 1. The molecule has 0 spiro atoms. The quantitative estimate of drug-likeness (QED) is 0.302. The maximum Gasteiger partial charge on any atom is 0.417 e. The van der Waals surface area contributed by atoms with Crippen LogP contribution in [-0.2, 0) is 22.6 Å². The zero-order valence-electron chi connectivity index (χ0n) is 22.1. The van der Waals surface area contributed by atoms with Crippen LogP contribution in [0.15, 0.2) is 65.6 Å². The number of carbonyl (C=O) groups excluding carboxylic acids is 1. The first kappa shape index (κ1) is 29.6. The van der Waals surface area contributed by atoms with E-state index in [0.717, 1.165) is 38.5 Å². The van der Waals surface area contributed by atoms with E-state index in [1.54, 1.807) is 24.3 Å². The van der Waals surface area contributed by atoms with Gasteiger partial charge in [0.05, 0.1) is 12.7 Å². The Bertz CT molecular complexity index is 1470. The Kier molecular flexibility index (Phi) is 9.17. The second-order valence-corrected chi connectivity index (χ2v) is 11.3. The van der Waals surface area contributed by atoms with Gasteiger partial charge in [-0.2, -0.15) is 13.2 Å². The molecule has 40 heavy (non-hydrogen) atoms. The van der Waals surface area contributed by atoms with Crippen LogP contribution >= 0.6 is 0 Å². The highest BCUT2D eigenvalue weighted by atomic mass is 32.2. The van der Waals surface area contributed by atoms with Crippen LogP contribution in [-0.4, -0.2) is 46.0 Å². The van der Waals surface area contributed by atoms with E-state index >= 15 is 0 Å². The van der Waals surface area contributed by atoms with Gasteiger partial charge in [0.25, 0.3) is 5.91 Å². The summed E-state index contributed by atoms with van der Waals surface area (Å²) in [4.78, 5) is 15.1. The van der Waals surface area contributed by atoms with Gasteiger partial charge in [-0.15, -0.1) is 0 Å². The number of amides is 1. The van der Waals surface area contributed by atoms with E-state index in [-0.39, 0.29) is 21.8 Å². The van der Waals surface area contributed by atoms with E-state index in [0.29, 0.717) is 23.2 Å². The first-order chi connectivity index (χ1) is 19.0. The average Bonchev–Trinajstić information content (AvgIpc) is 3.43. The van der Waals surface area contributed by atoms with Gasteiger partial charge in [0.1, 0.15) is 10.6 Å². The lowest BCUT2D eigenvalue weighted by molar-refractivity contribution is -0.137. The number of primary sulfonamides is 1. The first-order valence-corrected chi connectivity index (χ1v) is 14.6. The summed E-state index contributed by atoms with van der Waals surface area (Å²) in [5.41, 5.74) is 1.06. The number of benzene rings is 3. The Balaban J connectivity index is 1.61. The number of hydrogen-bond donors (Lipinski definition) is 2. The van der Waals surface area contributed by atoms with Crippen molar-refractivity contribution in [3.05, 3.63) is 77.4 Å². The Hall–Kier alpha value is -3.41. The number of hydrogen-bond acceptors (Lipinski definition) is 5. The van der Waals surface area contributed by atoms with Gasteiger partial charge in [-0.3, -0.25) is 4.79 Å². The second-order valence-electron chi connectivity index (χ2n) is 9.79. The zero-order chi connectivity index (χ0) is 28.9. The van der Waals surface area contributed by atoms with Crippen molar-refractivity contribution >= 4 is 21.6 Å². The Morgan fingerprint density at radius 2 is 1.73 bits per heavy atom. The van der Waals surface area contributed by atoms with Crippen molar-refractivity contribution in [1.82, 2.24) is 4.90 Å². The fourth-order valence-electron chi connectivity index (χ4n) is 5.01. The molecule has 3 aromatic rings. The molecule has 0 saturated carbocycles. The summed E-state index contributed by atoms with van der Waals surface area (Å²) < 4.78 is 70.1. The van der Waals surface area contributed by atoms with Crippen LogP contribution in [0.25, 0.3) is 11.1 Å². The average molecular weight is 576 g/mol. The summed E-state index contributed by atoms with van der Waals surface area (Å²) in [6, 6.07) is 14.1. The molecule has 0 aliphatic carbocycles. The molecule has 214 valence electrons. The lowest BCUT2D eigenvalue weighted by Crippen LogP contribution is -2.20. The van der Waals surface area contributed by atoms with Crippen LogP contribution in [0.1, 0.15) is 47.2 Å². The summed E-state index contributed by atoms with van der Waals surface area (Å²) >= 11 is 0. The number of nitrogens with zero attached hydrogens (tertiary/aromatic N) is 1. The third-order valence-corrected chi connectivity index (χ3v) is 7.94. The molecule has 1 fully saturated rings. The third-order valence-electron chi connectivity index (χ3n) is 6.99. The Labute approximate surface area is 232 Å². The van der Waals surface area contributed by atoms with E-state index in [9.17, 15) is 26.4 Å². The highest BCUT2D eigenvalue weighted by Gasteiger charge is 2.33. The van der Waals surface area contributed by atoms with Gasteiger partial charge in [0, 0.05) is 11.3 Å². The molecule has 4 rings (SSSR count). The van der Waals surface area contributed by atoms with Crippen LogP contribution in [0.5, 0.6) is 5.75 Å². The number of halogens is 3. The molecular formula is C29H32F3N3O4S. The number of ether oxygens (including phenoxy) is 1. The van der Waals surface area contributed by atoms with E-state index < -0.39 is 27.7 Å². The molecule has 0 aromatic heterocycles. The number of sulfonamides is 1. The molecule has 1 saturated heterocycles. The van der Waals surface area contributed by atoms with Gasteiger partial charge >= 0.3 is 6.18 Å². The topological polar surface area (TPSA) is 102 Å². The van der Waals surface area contributed by atoms with Crippen LogP contribution in [0.3, 0.4) is 0 Å². The van der Waals surface area contributed by atoms with Gasteiger partial charge < -0.3 is 15.0 Å². The van der Waals surface area contributed by atoms with Crippen LogP contribution in [0, 0.1) is 0 Å². The summed E-state index contributed by atoms with van der Waals surface area (Å²) in [5, 5.41) is 7.96. The monoisotopic (exact) mass is 575 g/mol. The fraction of sp³-hybridized carbons (Fsp3) is 0.345. The number of nitrogens with two attached hydrogens (primary N) is 1. The summed E-state index contributed by atoms with van der Waals surface area (Å²) in [6.07, 6.45) is 0.0939. The third kappa shape index (κ3) is 7.21. The molecule has 0 atom stereocenters. The maximum absolute atomic E-state index is 13.8. The summed E-state index contributed by atoms with van der Waals surface area (Å²) in [5.74, 6) is -0.615. The molecule has 1 aliphatic heterocycles. The molecule has 1 heterocycles. The molecule has 0 radical (unpaired) electrons. The van der Waals surface area contributed by atoms with E-state index in [4.69, 9.17) is 9.88 Å². The van der Waals surface area contributed by atoms with Crippen molar-refractivity contribution in [1.29, 1.82) is 0 Å². The summed E-state index contributed by atoms with van der Waals surface area (Å²) in [6.45, 7) is 3.10. The van der Waals surface area contributed by atoms with Crippen LogP contribution in [0.4, 0.5) is 18.9 Å². The highest BCUT2D eigenvalue weighted by Crippen LogP contribution is 2.39. The number of rotatable bonds is 10. The molecular weight excluding hydrogens is 543 g/mol. The predicted molar refractivity (Wildman–Crippen MR) is 148 cm³/mol. The molecule has 3 N–H and O–H groups in total. The van der Waals surface area contributed by atoms with Gasteiger partial charge in [-0.25, -0.2) is 13.6 Å².